The molecule has 150 valence electrons. The third-order valence-electron chi connectivity index (χ3n) is 4.43. The van der Waals surface area contributed by atoms with Crippen molar-refractivity contribution in [2.24, 2.45) is 5.92 Å². The highest BCUT2D eigenvalue weighted by molar-refractivity contribution is 5.91. The van der Waals surface area contributed by atoms with Gasteiger partial charge in [0.25, 0.3) is 0 Å². The van der Waals surface area contributed by atoms with Crippen LogP contribution in [-0.4, -0.2) is 5.91 Å². The van der Waals surface area contributed by atoms with E-state index >= 15 is 0 Å². The molecule has 0 atom stereocenters. The molecule has 0 aliphatic rings. The molecule has 4 nitrogen and oxygen atoms in total. The number of carbonyl (C=O) groups excluding carboxylic acids is 1. The summed E-state index contributed by atoms with van der Waals surface area (Å²) in [6, 6.07) is 26.0. The minimum absolute atomic E-state index is 0.0387. The normalized spacial score (nSPS) is 10.6. The molecule has 0 aliphatic carbocycles. The van der Waals surface area contributed by atoms with Crippen molar-refractivity contribution in [2.75, 3.05) is 10.6 Å². The fourth-order valence-electron chi connectivity index (χ4n) is 3.01. The molecule has 0 heterocycles. The van der Waals surface area contributed by atoms with Crippen molar-refractivity contribution in [2.45, 2.75) is 33.4 Å². The first-order valence-electron chi connectivity index (χ1n) is 9.98. The van der Waals surface area contributed by atoms with Gasteiger partial charge in [0.05, 0.1) is 0 Å². The van der Waals surface area contributed by atoms with Crippen LogP contribution in [0.2, 0.25) is 0 Å². The minimum Gasteiger partial charge on any atom is -0.489 e. The van der Waals surface area contributed by atoms with Crippen LogP contribution in [0.25, 0.3) is 0 Å². The van der Waals surface area contributed by atoms with Crippen LogP contribution in [0.4, 0.5) is 11.4 Å². The number of anilines is 2. The molecule has 0 bridgehead atoms. The molecule has 0 saturated carbocycles. The zero-order chi connectivity index (χ0) is 20.5. The quantitative estimate of drug-likeness (QED) is 0.482. The van der Waals surface area contributed by atoms with Crippen LogP contribution in [0.1, 0.15) is 31.4 Å². The maximum absolute atomic E-state index is 12.0. The van der Waals surface area contributed by atoms with E-state index in [2.05, 4.69) is 28.8 Å². The first-order valence-corrected chi connectivity index (χ1v) is 9.98. The van der Waals surface area contributed by atoms with Crippen LogP contribution in [0.15, 0.2) is 78.9 Å². The Hall–Kier alpha value is -3.27. The van der Waals surface area contributed by atoms with Gasteiger partial charge in [-0.05, 0) is 35.7 Å². The van der Waals surface area contributed by atoms with Crippen molar-refractivity contribution in [3.63, 3.8) is 0 Å². The van der Waals surface area contributed by atoms with Crippen molar-refractivity contribution in [3.8, 4) is 5.75 Å². The summed E-state index contributed by atoms with van der Waals surface area (Å²) in [5.74, 6) is 1.24. The largest absolute Gasteiger partial charge is 0.489 e. The van der Waals surface area contributed by atoms with E-state index in [1.165, 1.54) is 0 Å². The molecule has 4 heteroatoms. The maximum atomic E-state index is 12.0. The summed E-state index contributed by atoms with van der Waals surface area (Å²) in [6.45, 7) is 5.24. The van der Waals surface area contributed by atoms with E-state index in [0.29, 0.717) is 25.5 Å². The smallest absolute Gasteiger partial charge is 0.224 e. The molecule has 3 rings (SSSR count). The molecular weight excluding hydrogens is 360 g/mol. The zero-order valence-electron chi connectivity index (χ0n) is 17.0. The van der Waals surface area contributed by atoms with E-state index < -0.39 is 0 Å². The fraction of sp³-hybridized carbons (Fsp3) is 0.240. The molecule has 0 saturated heterocycles. The van der Waals surface area contributed by atoms with Crippen molar-refractivity contribution in [1.29, 1.82) is 0 Å². The predicted octanol–water partition coefficient (Wildman–Crippen LogP) is 5.86. The lowest BCUT2D eigenvalue weighted by molar-refractivity contribution is -0.116. The van der Waals surface area contributed by atoms with Gasteiger partial charge < -0.3 is 15.4 Å². The van der Waals surface area contributed by atoms with Gasteiger partial charge in [-0.1, -0.05) is 68.4 Å². The van der Waals surface area contributed by atoms with E-state index in [0.717, 1.165) is 28.3 Å². The Labute approximate surface area is 172 Å². The van der Waals surface area contributed by atoms with Crippen molar-refractivity contribution in [1.82, 2.24) is 0 Å². The Kier molecular flexibility index (Phi) is 7.28. The molecule has 1 amide bonds. The number of amides is 1. The number of benzene rings is 3. The number of ether oxygens (including phenoxy) is 1. The highest BCUT2D eigenvalue weighted by Crippen LogP contribution is 2.22. The average Bonchev–Trinajstić information content (AvgIpc) is 2.72. The summed E-state index contributed by atoms with van der Waals surface area (Å²) in [5.41, 5.74) is 3.97. The third kappa shape index (κ3) is 6.68. The number of hydrogen-bond acceptors (Lipinski definition) is 3. The lowest BCUT2D eigenvalue weighted by Gasteiger charge is -2.14. The van der Waals surface area contributed by atoms with Crippen molar-refractivity contribution >= 4 is 17.3 Å². The van der Waals surface area contributed by atoms with Crippen LogP contribution in [-0.2, 0) is 17.9 Å². The van der Waals surface area contributed by atoms with E-state index in [4.69, 9.17) is 4.74 Å². The van der Waals surface area contributed by atoms with E-state index in [9.17, 15) is 4.79 Å². The minimum atomic E-state index is 0.0387. The number of nitrogens with one attached hydrogen (secondary N) is 2. The second kappa shape index (κ2) is 10.3. The Morgan fingerprint density at radius 2 is 1.62 bits per heavy atom. The first-order chi connectivity index (χ1) is 14.1. The van der Waals surface area contributed by atoms with Gasteiger partial charge in [-0.15, -0.1) is 0 Å². The molecule has 0 spiro atoms. The summed E-state index contributed by atoms with van der Waals surface area (Å²) >= 11 is 0. The van der Waals surface area contributed by atoms with Gasteiger partial charge in [-0.2, -0.15) is 0 Å². The predicted molar refractivity (Wildman–Crippen MR) is 119 cm³/mol. The Bertz CT molecular complexity index is 923. The third-order valence-corrected chi connectivity index (χ3v) is 4.43. The van der Waals surface area contributed by atoms with Gasteiger partial charge >= 0.3 is 0 Å². The summed E-state index contributed by atoms with van der Waals surface area (Å²) in [6.07, 6.45) is 0.518. The second-order valence-electron chi connectivity index (χ2n) is 7.46. The van der Waals surface area contributed by atoms with Crippen LogP contribution < -0.4 is 15.4 Å². The van der Waals surface area contributed by atoms with E-state index in [1.807, 2.05) is 74.5 Å². The summed E-state index contributed by atoms with van der Waals surface area (Å²) in [5, 5.41) is 6.38. The second-order valence-corrected chi connectivity index (χ2v) is 7.46. The molecule has 0 aliphatic heterocycles. The number of para-hydroxylation sites is 1. The van der Waals surface area contributed by atoms with Crippen LogP contribution in [0.5, 0.6) is 5.75 Å². The highest BCUT2D eigenvalue weighted by atomic mass is 16.5. The molecule has 0 fully saturated rings. The summed E-state index contributed by atoms with van der Waals surface area (Å²) in [4.78, 5) is 12.0. The average molecular weight is 389 g/mol. The first kappa shape index (κ1) is 20.5. The van der Waals surface area contributed by atoms with E-state index in [1.54, 1.807) is 0 Å². The van der Waals surface area contributed by atoms with Crippen molar-refractivity contribution < 1.29 is 9.53 Å². The van der Waals surface area contributed by atoms with Gasteiger partial charge in [0.1, 0.15) is 12.4 Å². The number of carbonyl (C=O) groups is 1. The molecule has 0 radical (unpaired) electrons. The Morgan fingerprint density at radius 1 is 0.897 bits per heavy atom. The van der Waals surface area contributed by atoms with Gasteiger partial charge in [-0.25, -0.2) is 0 Å². The number of hydrogen-bond donors (Lipinski definition) is 2. The molecular formula is C25H28N2O2. The fourth-order valence-corrected chi connectivity index (χ4v) is 3.01. The molecule has 29 heavy (non-hydrogen) atoms. The lowest BCUT2D eigenvalue weighted by Crippen LogP contribution is -2.14. The molecule has 3 aromatic carbocycles. The molecule has 3 aromatic rings. The van der Waals surface area contributed by atoms with Gasteiger partial charge in [0.2, 0.25) is 5.91 Å². The molecule has 0 aromatic heterocycles. The van der Waals surface area contributed by atoms with Gasteiger partial charge in [-0.3, -0.25) is 4.79 Å². The standard InChI is InChI=1S/C25H28N2O2/c1-19(2)15-25(28)27-23-13-8-12-22(16-23)26-17-21-11-6-7-14-24(21)29-18-20-9-4-3-5-10-20/h3-14,16,19,26H,15,17-18H2,1-2H3,(H,27,28). The van der Waals surface area contributed by atoms with Crippen LogP contribution in [0, 0.1) is 5.92 Å². The molecule has 2 N–H and O–H groups in total. The zero-order valence-corrected chi connectivity index (χ0v) is 17.0. The topological polar surface area (TPSA) is 50.4 Å². The summed E-state index contributed by atoms with van der Waals surface area (Å²) < 4.78 is 6.03. The number of rotatable bonds is 9. The monoisotopic (exact) mass is 388 g/mol. The van der Waals surface area contributed by atoms with E-state index in [-0.39, 0.29) is 5.91 Å². The maximum Gasteiger partial charge on any atom is 0.224 e. The molecule has 0 unspecified atom stereocenters. The summed E-state index contributed by atoms with van der Waals surface area (Å²) in [7, 11) is 0. The van der Waals surface area contributed by atoms with Crippen LogP contribution >= 0.6 is 0 Å². The Morgan fingerprint density at radius 3 is 2.41 bits per heavy atom. The lowest BCUT2D eigenvalue weighted by atomic mass is 10.1. The Balaban J connectivity index is 1.60. The highest BCUT2D eigenvalue weighted by Gasteiger charge is 2.07. The van der Waals surface area contributed by atoms with Gasteiger partial charge in [0.15, 0.2) is 0 Å². The van der Waals surface area contributed by atoms with Crippen LogP contribution in [0.3, 0.4) is 0 Å². The van der Waals surface area contributed by atoms with Gasteiger partial charge in [0, 0.05) is 29.9 Å². The van der Waals surface area contributed by atoms with Crippen molar-refractivity contribution in [3.05, 3.63) is 90.0 Å². The SMILES string of the molecule is CC(C)CC(=O)Nc1cccc(NCc2ccccc2OCc2ccccc2)c1.